The highest BCUT2D eigenvalue weighted by Gasteiger charge is 2.40. The van der Waals surface area contributed by atoms with Gasteiger partial charge in [-0.1, -0.05) is 0 Å². The molecule has 2 amide bonds. The highest BCUT2D eigenvalue weighted by molar-refractivity contribution is 5.96. The molecule has 114 valence electrons. The average molecular weight is 291 g/mol. The van der Waals surface area contributed by atoms with Crippen molar-refractivity contribution in [1.29, 1.82) is 0 Å². The number of likely N-dealkylation sites (tertiary alicyclic amines) is 1. The minimum absolute atomic E-state index is 0.0507. The van der Waals surface area contributed by atoms with Crippen LogP contribution < -0.4 is 5.73 Å². The van der Waals surface area contributed by atoms with Gasteiger partial charge >= 0.3 is 0 Å². The third-order valence-electron chi connectivity index (χ3n) is 3.75. The van der Waals surface area contributed by atoms with Crippen molar-refractivity contribution in [3.8, 4) is 0 Å². The molecule has 1 aliphatic rings. The monoisotopic (exact) mass is 291 g/mol. The molecular weight excluding hydrogens is 270 g/mol. The first kappa shape index (κ1) is 15.4. The molecule has 0 bridgehead atoms. The van der Waals surface area contributed by atoms with E-state index in [1.54, 1.807) is 17.0 Å². The van der Waals surface area contributed by atoms with Crippen molar-refractivity contribution in [3.05, 3.63) is 24.0 Å². The van der Waals surface area contributed by atoms with Crippen LogP contribution in [0.5, 0.6) is 0 Å². The Hall–Kier alpha value is -2.02. The first-order valence-corrected chi connectivity index (χ1v) is 7.21. The molecule has 0 unspecified atom stereocenters. The van der Waals surface area contributed by atoms with E-state index in [-0.39, 0.29) is 23.6 Å². The summed E-state index contributed by atoms with van der Waals surface area (Å²) in [6.45, 7) is 5.45. The van der Waals surface area contributed by atoms with Crippen molar-refractivity contribution in [1.82, 2.24) is 20.0 Å². The molecule has 2 N–H and O–H groups in total. The number of nitrogens with two attached hydrogens (primary N) is 1. The van der Waals surface area contributed by atoms with E-state index in [1.807, 2.05) is 13.8 Å². The molecule has 1 aromatic rings. The zero-order chi connectivity index (χ0) is 15.4. The molecule has 0 radical (unpaired) electrons. The quantitative estimate of drug-likeness (QED) is 0.835. The number of amides is 2. The number of carbonyl (C=O) groups is 2. The van der Waals surface area contributed by atoms with Gasteiger partial charge in [-0.25, -0.2) is 0 Å². The highest BCUT2D eigenvalue weighted by Crippen LogP contribution is 2.21. The minimum Gasteiger partial charge on any atom is -0.341 e. The maximum atomic E-state index is 12.5. The summed E-state index contributed by atoms with van der Waals surface area (Å²) in [5.41, 5.74) is 6.19. The zero-order valence-electron chi connectivity index (χ0n) is 12.4. The largest absolute Gasteiger partial charge is 0.341 e. The highest BCUT2D eigenvalue weighted by atomic mass is 16.2. The lowest BCUT2D eigenvalue weighted by Crippen LogP contribution is -2.47. The second-order valence-electron chi connectivity index (χ2n) is 5.09. The zero-order valence-corrected chi connectivity index (χ0v) is 12.4. The molecule has 1 fully saturated rings. The van der Waals surface area contributed by atoms with Crippen LogP contribution in [-0.4, -0.2) is 63.5 Å². The van der Waals surface area contributed by atoms with E-state index in [1.165, 1.54) is 11.1 Å². The summed E-state index contributed by atoms with van der Waals surface area (Å²) in [6.07, 6.45) is 1.99. The number of hydrogen-bond acceptors (Lipinski definition) is 5. The normalized spacial score (nSPS) is 21.4. The van der Waals surface area contributed by atoms with Gasteiger partial charge in [-0.05, 0) is 32.4 Å². The Labute approximate surface area is 124 Å². The average Bonchev–Trinajstić information content (AvgIpc) is 2.90. The van der Waals surface area contributed by atoms with Crippen LogP contribution in [0.15, 0.2) is 18.3 Å². The Morgan fingerprint density at radius 1 is 1.43 bits per heavy atom. The molecule has 7 nitrogen and oxygen atoms in total. The summed E-state index contributed by atoms with van der Waals surface area (Å²) >= 11 is 0. The van der Waals surface area contributed by atoms with Crippen molar-refractivity contribution >= 4 is 11.8 Å². The number of carbonyl (C=O) groups excluding carboxylic acids is 2. The smallest absolute Gasteiger partial charge is 0.275 e. The van der Waals surface area contributed by atoms with Gasteiger partial charge in [0.05, 0.1) is 0 Å². The first-order valence-electron chi connectivity index (χ1n) is 7.21. The van der Waals surface area contributed by atoms with E-state index >= 15 is 0 Å². The topological polar surface area (TPSA) is 92.4 Å². The fraction of sp³-hybridized carbons (Fsp3) is 0.571. The molecule has 1 aliphatic heterocycles. The number of aromatic nitrogens is 2. The lowest BCUT2D eigenvalue weighted by Gasteiger charge is -2.28. The fourth-order valence-electron chi connectivity index (χ4n) is 2.64. The minimum atomic E-state index is -0.505. The van der Waals surface area contributed by atoms with E-state index in [0.29, 0.717) is 26.1 Å². The van der Waals surface area contributed by atoms with E-state index in [2.05, 4.69) is 10.2 Å². The molecule has 0 saturated carbocycles. The van der Waals surface area contributed by atoms with Crippen LogP contribution >= 0.6 is 0 Å². The van der Waals surface area contributed by atoms with Crippen LogP contribution in [0.3, 0.4) is 0 Å². The van der Waals surface area contributed by atoms with Crippen LogP contribution in [0.25, 0.3) is 0 Å². The molecule has 1 aromatic heterocycles. The molecule has 2 heterocycles. The lowest BCUT2D eigenvalue weighted by molar-refractivity contribution is -0.134. The number of likely N-dealkylation sites (N-methyl/N-ethyl adjacent to an activating group) is 1. The van der Waals surface area contributed by atoms with Gasteiger partial charge in [0.2, 0.25) is 5.91 Å². The number of hydrogen-bond donors (Lipinski definition) is 1. The predicted molar refractivity (Wildman–Crippen MR) is 77.4 cm³/mol. The summed E-state index contributed by atoms with van der Waals surface area (Å²) in [5.74, 6) is -0.341. The molecule has 2 atom stereocenters. The SMILES string of the molecule is CCN(CC)C(=O)[C@@H]1C[C@@H](N)CN1C(=O)c1cccnn1. The maximum absolute atomic E-state index is 12.5. The predicted octanol–water partition coefficient (Wildman–Crippen LogP) is -0.113. The van der Waals surface area contributed by atoms with Crippen molar-refractivity contribution < 1.29 is 9.59 Å². The van der Waals surface area contributed by atoms with E-state index in [9.17, 15) is 9.59 Å². The summed E-state index contributed by atoms with van der Waals surface area (Å²) in [6, 6.07) is 2.56. The van der Waals surface area contributed by atoms with Gasteiger partial charge < -0.3 is 15.5 Å². The van der Waals surface area contributed by atoms with E-state index < -0.39 is 6.04 Å². The molecule has 2 rings (SSSR count). The molecule has 0 aliphatic carbocycles. The second kappa shape index (κ2) is 6.62. The summed E-state index contributed by atoms with van der Waals surface area (Å²) in [4.78, 5) is 28.3. The van der Waals surface area contributed by atoms with Gasteiger partial charge in [0, 0.05) is 31.9 Å². The molecule has 1 saturated heterocycles. The van der Waals surface area contributed by atoms with Crippen molar-refractivity contribution in [2.75, 3.05) is 19.6 Å². The number of rotatable bonds is 4. The third-order valence-corrected chi connectivity index (χ3v) is 3.75. The van der Waals surface area contributed by atoms with Crippen LogP contribution in [-0.2, 0) is 4.79 Å². The summed E-state index contributed by atoms with van der Waals surface area (Å²) in [7, 11) is 0. The van der Waals surface area contributed by atoms with E-state index in [0.717, 1.165) is 0 Å². The molecule has 0 aromatic carbocycles. The van der Waals surface area contributed by atoms with Crippen LogP contribution in [0.2, 0.25) is 0 Å². The molecule has 21 heavy (non-hydrogen) atoms. The standard InChI is InChI=1S/C14H21N5O2/c1-3-18(4-2)14(21)12-8-10(15)9-19(12)13(20)11-6-5-7-16-17-11/h5-7,10,12H,3-4,8-9,15H2,1-2H3/t10-,12+/m1/s1. The number of nitrogens with zero attached hydrogens (tertiary/aromatic N) is 4. The van der Waals surface area contributed by atoms with Gasteiger partial charge in [-0.15, -0.1) is 5.10 Å². The van der Waals surface area contributed by atoms with Gasteiger partial charge in [0.25, 0.3) is 5.91 Å². The Bertz CT molecular complexity index is 503. The van der Waals surface area contributed by atoms with Crippen molar-refractivity contribution in [2.24, 2.45) is 5.73 Å². The van der Waals surface area contributed by atoms with Crippen molar-refractivity contribution in [2.45, 2.75) is 32.4 Å². The van der Waals surface area contributed by atoms with Crippen LogP contribution in [0.4, 0.5) is 0 Å². The van der Waals surface area contributed by atoms with Crippen LogP contribution in [0.1, 0.15) is 30.8 Å². The van der Waals surface area contributed by atoms with Gasteiger partial charge in [-0.3, -0.25) is 9.59 Å². The first-order chi connectivity index (χ1) is 10.1. The fourth-order valence-corrected chi connectivity index (χ4v) is 2.64. The molecular formula is C14H21N5O2. The Morgan fingerprint density at radius 3 is 2.71 bits per heavy atom. The Balaban J connectivity index is 2.21. The maximum Gasteiger partial charge on any atom is 0.275 e. The molecule has 7 heteroatoms. The summed E-state index contributed by atoms with van der Waals surface area (Å²) < 4.78 is 0. The Morgan fingerprint density at radius 2 is 2.14 bits per heavy atom. The lowest BCUT2D eigenvalue weighted by atomic mass is 10.1. The van der Waals surface area contributed by atoms with Gasteiger partial charge in [0.15, 0.2) is 5.69 Å². The summed E-state index contributed by atoms with van der Waals surface area (Å²) in [5, 5.41) is 7.53. The Kier molecular flexibility index (Phi) is 4.85. The third kappa shape index (κ3) is 3.18. The van der Waals surface area contributed by atoms with Gasteiger partial charge in [-0.2, -0.15) is 5.10 Å². The molecule has 0 spiro atoms. The van der Waals surface area contributed by atoms with Gasteiger partial charge in [0.1, 0.15) is 6.04 Å². The van der Waals surface area contributed by atoms with Crippen molar-refractivity contribution in [3.63, 3.8) is 0 Å². The van der Waals surface area contributed by atoms with E-state index in [4.69, 9.17) is 5.73 Å². The van der Waals surface area contributed by atoms with Crippen LogP contribution in [0, 0.1) is 0 Å². The second-order valence-corrected chi connectivity index (χ2v) is 5.09.